The molecule has 10 nitrogen and oxygen atoms in total. The van der Waals surface area contributed by atoms with Crippen LogP contribution < -0.4 is 9.47 Å². The number of benzene rings is 2. The lowest BCUT2D eigenvalue weighted by atomic mass is 10.1. The quantitative estimate of drug-likeness (QED) is 0.601. The Morgan fingerprint density at radius 1 is 1.03 bits per heavy atom. The molecule has 11 heteroatoms. The van der Waals surface area contributed by atoms with Crippen molar-refractivity contribution >= 4 is 15.9 Å². The third-order valence-corrected chi connectivity index (χ3v) is 6.75. The standard InChI is InChI=1S/C19H19N5O5S/c1-11-6-5-7-12(2)18(11)24-17(20-21-22-24)10-23-19(25)13-8-14(28-3)15(29-4)9-16(13)30(23,26)27/h5-9H,10H2,1-4H3. The predicted molar refractivity (Wildman–Crippen MR) is 105 cm³/mol. The Bertz CT molecular complexity index is 1250. The van der Waals surface area contributed by atoms with E-state index in [4.69, 9.17) is 9.47 Å². The van der Waals surface area contributed by atoms with Crippen molar-refractivity contribution in [1.29, 1.82) is 0 Å². The topological polar surface area (TPSA) is 117 Å². The highest BCUT2D eigenvalue weighted by molar-refractivity contribution is 7.90. The molecule has 1 amide bonds. The molecule has 0 aliphatic carbocycles. The van der Waals surface area contributed by atoms with Gasteiger partial charge < -0.3 is 9.47 Å². The molecule has 0 saturated carbocycles. The van der Waals surface area contributed by atoms with Crippen LogP contribution in [-0.2, 0) is 16.6 Å². The smallest absolute Gasteiger partial charge is 0.269 e. The third-order valence-electron chi connectivity index (χ3n) is 4.98. The molecule has 0 radical (unpaired) electrons. The zero-order chi connectivity index (χ0) is 21.6. The number of carbonyl (C=O) groups is 1. The van der Waals surface area contributed by atoms with Crippen LogP contribution in [0.1, 0.15) is 27.3 Å². The van der Waals surface area contributed by atoms with Crippen molar-refractivity contribution < 1.29 is 22.7 Å². The van der Waals surface area contributed by atoms with Crippen LogP contribution in [-0.4, -0.2) is 53.1 Å². The Hall–Kier alpha value is -3.47. The summed E-state index contributed by atoms with van der Waals surface area (Å²) in [4.78, 5) is 12.8. The Balaban J connectivity index is 1.78. The maximum atomic E-state index is 13.1. The molecule has 4 rings (SSSR count). The maximum absolute atomic E-state index is 13.1. The molecule has 0 atom stereocenters. The number of ether oxygens (including phenoxy) is 2. The molecule has 2 aromatic carbocycles. The number of methoxy groups -OCH3 is 2. The van der Waals surface area contributed by atoms with Crippen LogP contribution in [0.5, 0.6) is 11.5 Å². The molecule has 0 saturated heterocycles. The van der Waals surface area contributed by atoms with Gasteiger partial charge in [0.1, 0.15) is 4.90 Å². The van der Waals surface area contributed by atoms with Crippen LogP contribution in [0.2, 0.25) is 0 Å². The number of hydrogen-bond donors (Lipinski definition) is 0. The molecule has 1 aliphatic heterocycles. The van der Waals surface area contributed by atoms with E-state index in [9.17, 15) is 13.2 Å². The van der Waals surface area contributed by atoms with Gasteiger partial charge in [-0.25, -0.2) is 12.7 Å². The summed E-state index contributed by atoms with van der Waals surface area (Å²) in [5, 5.41) is 11.7. The van der Waals surface area contributed by atoms with Crippen molar-refractivity contribution in [3.05, 3.63) is 52.8 Å². The number of aryl methyl sites for hydroxylation is 2. The molecule has 1 aliphatic rings. The second-order valence-corrected chi connectivity index (χ2v) is 8.60. The summed E-state index contributed by atoms with van der Waals surface area (Å²) in [5.41, 5.74) is 2.58. The Kier molecular flexibility index (Phi) is 4.69. The van der Waals surface area contributed by atoms with Crippen molar-refractivity contribution in [2.45, 2.75) is 25.3 Å². The van der Waals surface area contributed by atoms with Crippen molar-refractivity contribution in [2.24, 2.45) is 0 Å². The molecule has 156 valence electrons. The van der Waals surface area contributed by atoms with Gasteiger partial charge in [-0.05, 0) is 41.5 Å². The van der Waals surface area contributed by atoms with Gasteiger partial charge in [-0.15, -0.1) is 5.10 Å². The number of aromatic nitrogens is 4. The van der Waals surface area contributed by atoms with E-state index in [-0.39, 0.29) is 34.3 Å². The first-order valence-electron chi connectivity index (χ1n) is 8.96. The zero-order valence-electron chi connectivity index (χ0n) is 16.8. The second-order valence-electron chi connectivity index (χ2n) is 6.77. The van der Waals surface area contributed by atoms with E-state index >= 15 is 0 Å². The zero-order valence-corrected chi connectivity index (χ0v) is 17.6. The van der Waals surface area contributed by atoms with E-state index in [1.165, 1.54) is 31.0 Å². The first-order chi connectivity index (χ1) is 14.3. The van der Waals surface area contributed by atoms with E-state index in [1.807, 2.05) is 32.0 Å². The van der Waals surface area contributed by atoms with Crippen molar-refractivity contribution in [2.75, 3.05) is 14.2 Å². The van der Waals surface area contributed by atoms with E-state index in [2.05, 4.69) is 15.5 Å². The number of tetrazole rings is 1. The first-order valence-corrected chi connectivity index (χ1v) is 10.4. The van der Waals surface area contributed by atoms with Crippen LogP contribution in [0.15, 0.2) is 35.2 Å². The van der Waals surface area contributed by atoms with Crippen molar-refractivity contribution in [3.63, 3.8) is 0 Å². The minimum atomic E-state index is -4.11. The van der Waals surface area contributed by atoms with Crippen LogP contribution in [0.25, 0.3) is 5.69 Å². The Labute approximate surface area is 173 Å². The summed E-state index contributed by atoms with van der Waals surface area (Å²) >= 11 is 0. The second kappa shape index (κ2) is 7.10. The number of nitrogens with zero attached hydrogens (tertiary/aromatic N) is 5. The summed E-state index contributed by atoms with van der Waals surface area (Å²) in [6.07, 6.45) is 0. The largest absolute Gasteiger partial charge is 0.493 e. The minimum absolute atomic E-state index is 0.0127. The number of para-hydroxylation sites is 1. The summed E-state index contributed by atoms with van der Waals surface area (Å²) in [6, 6.07) is 8.36. The van der Waals surface area contributed by atoms with Gasteiger partial charge in [-0.1, -0.05) is 18.2 Å². The van der Waals surface area contributed by atoms with E-state index in [1.54, 1.807) is 0 Å². The number of sulfonamides is 1. The third kappa shape index (κ3) is 2.89. The van der Waals surface area contributed by atoms with Crippen molar-refractivity contribution in [1.82, 2.24) is 24.5 Å². The van der Waals surface area contributed by atoms with Crippen LogP contribution in [0.4, 0.5) is 0 Å². The molecule has 1 aromatic heterocycles. The lowest BCUT2D eigenvalue weighted by Gasteiger charge is -2.16. The lowest BCUT2D eigenvalue weighted by molar-refractivity contribution is 0.0861. The maximum Gasteiger partial charge on any atom is 0.269 e. The predicted octanol–water partition coefficient (Wildman–Crippen LogP) is 1.64. The van der Waals surface area contributed by atoms with Crippen LogP contribution >= 0.6 is 0 Å². The molecule has 2 heterocycles. The first kappa shape index (κ1) is 19.8. The van der Waals surface area contributed by atoms with E-state index in [0.29, 0.717) is 0 Å². The molecular weight excluding hydrogens is 410 g/mol. The molecule has 0 unspecified atom stereocenters. The average Bonchev–Trinajstić information content (AvgIpc) is 3.24. The molecule has 0 spiro atoms. The summed E-state index contributed by atoms with van der Waals surface area (Å²) in [5.74, 6) is 0.0231. The molecule has 0 fully saturated rings. The molecule has 0 bridgehead atoms. The fourth-order valence-electron chi connectivity index (χ4n) is 3.51. The van der Waals surface area contributed by atoms with Gasteiger partial charge in [0, 0.05) is 6.07 Å². The van der Waals surface area contributed by atoms with Gasteiger partial charge in [0.25, 0.3) is 15.9 Å². The summed E-state index contributed by atoms with van der Waals surface area (Å²) < 4.78 is 38.8. The van der Waals surface area contributed by atoms with Gasteiger partial charge >= 0.3 is 0 Å². The number of fused-ring (bicyclic) bond motifs is 1. The SMILES string of the molecule is COc1cc2c(cc1OC)S(=O)(=O)N(Cc1nnnn1-c1c(C)cccc1C)C2=O. The summed E-state index contributed by atoms with van der Waals surface area (Å²) in [7, 11) is -1.30. The molecular formula is C19H19N5O5S. The normalized spacial score (nSPS) is 14.7. The van der Waals surface area contributed by atoms with Gasteiger partial charge in [-0.2, -0.15) is 4.68 Å². The van der Waals surface area contributed by atoms with Gasteiger partial charge in [0.05, 0.1) is 32.0 Å². The monoisotopic (exact) mass is 429 g/mol. The number of rotatable bonds is 5. The number of amides is 1. The fourth-order valence-corrected chi connectivity index (χ4v) is 5.03. The van der Waals surface area contributed by atoms with Gasteiger partial charge in [-0.3, -0.25) is 4.79 Å². The van der Waals surface area contributed by atoms with Crippen molar-refractivity contribution in [3.8, 4) is 17.2 Å². The molecule has 30 heavy (non-hydrogen) atoms. The van der Waals surface area contributed by atoms with E-state index in [0.717, 1.165) is 21.1 Å². The highest BCUT2D eigenvalue weighted by atomic mass is 32.2. The Morgan fingerprint density at radius 2 is 1.67 bits per heavy atom. The molecule has 3 aromatic rings. The summed E-state index contributed by atoms with van der Waals surface area (Å²) in [6.45, 7) is 3.49. The number of hydrogen-bond acceptors (Lipinski definition) is 8. The molecule has 0 N–H and O–H groups in total. The van der Waals surface area contributed by atoms with Crippen LogP contribution in [0.3, 0.4) is 0 Å². The highest BCUT2D eigenvalue weighted by Gasteiger charge is 2.43. The lowest BCUT2D eigenvalue weighted by Crippen LogP contribution is -2.31. The van der Waals surface area contributed by atoms with Gasteiger partial charge in [0.15, 0.2) is 17.3 Å². The van der Waals surface area contributed by atoms with E-state index < -0.39 is 15.9 Å². The number of carbonyl (C=O) groups excluding carboxylic acids is 1. The minimum Gasteiger partial charge on any atom is -0.493 e. The Morgan fingerprint density at radius 3 is 2.30 bits per heavy atom. The highest BCUT2D eigenvalue weighted by Crippen LogP contribution is 2.39. The fraction of sp³-hybridized carbons (Fsp3) is 0.263. The van der Waals surface area contributed by atoms with Gasteiger partial charge in [0.2, 0.25) is 0 Å². The van der Waals surface area contributed by atoms with Crippen LogP contribution in [0, 0.1) is 13.8 Å². The average molecular weight is 429 g/mol.